The molecule has 4 rings (SSSR count). The van der Waals surface area contributed by atoms with Crippen LogP contribution in [0.25, 0.3) is 11.7 Å². The molecule has 3 aromatic rings. The fourth-order valence-electron chi connectivity index (χ4n) is 3.36. The number of nitrogen functional groups attached to an aromatic ring is 1. The van der Waals surface area contributed by atoms with Gasteiger partial charge in [0.25, 0.3) is 5.89 Å². The van der Waals surface area contributed by atoms with Crippen molar-refractivity contribution in [3.63, 3.8) is 0 Å². The third-order valence-electron chi connectivity index (χ3n) is 5.03. The first kappa shape index (κ1) is 19.7. The fraction of sp³-hybridized carbons (Fsp3) is 0.421. The molecule has 4 heterocycles. The molecule has 0 aromatic carbocycles. The third kappa shape index (κ3) is 3.77. The van der Waals surface area contributed by atoms with Crippen LogP contribution < -0.4 is 15.5 Å². The van der Waals surface area contributed by atoms with E-state index in [2.05, 4.69) is 30.9 Å². The lowest BCUT2D eigenvalue weighted by atomic mass is 10.2. The minimum atomic E-state index is -0.0278. The number of nitriles is 1. The second-order valence-corrected chi connectivity index (χ2v) is 7.21. The predicted molar refractivity (Wildman–Crippen MR) is 110 cm³/mol. The van der Waals surface area contributed by atoms with E-state index >= 15 is 0 Å². The smallest absolute Gasteiger partial charge is 0.266 e. The number of piperazine rings is 1. The summed E-state index contributed by atoms with van der Waals surface area (Å²) in [6, 6.07) is 5.58. The standard InChI is InChI=1S/C19H23N9O2/c1-12(15-23-18(21)25-19(24-15)26(2)3)27-6-8-28(9-7-27)17-13(11-20)22-16(30-17)14-5-4-10-29-14/h4-5,10,12H,6-9H2,1-3H3,(H2,21,23,24,25). The zero-order valence-electron chi connectivity index (χ0n) is 17.1. The van der Waals surface area contributed by atoms with Crippen molar-refractivity contribution in [1.82, 2.24) is 24.8 Å². The molecule has 3 aromatic heterocycles. The van der Waals surface area contributed by atoms with Crippen LogP contribution in [0.5, 0.6) is 0 Å². The molecule has 2 N–H and O–H groups in total. The van der Waals surface area contributed by atoms with E-state index < -0.39 is 0 Å². The van der Waals surface area contributed by atoms with Crippen molar-refractivity contribution in [2.45, 2.75) is 13.0 Å². The Hall–Kier alpha value is -3.65. The molecule has 11 nitrogen and oxygen atoms in total. The highest BCUT2D eigenvalue weighted by molar-refractivity contribution is 5.55. The van der Waals surface area contributed by atoms with Gasteiger partial charge in [-0.2, -0.15) is 25.2 Å². The Kier molecular flexibility index (Phi) is 5.24. The number of aromatic nitrogens is 4. The highest BCUT2D eigenvalue weighted by Crippen LogP contribution is 2.30. The number of rotatable bonds is 5. The average molecular weight is 409 g/mol. The summed E-state index contributed by atoms with van der Waals surface area (Å²) >= 11 is 0. The van der Waals surface area contributed by atoms with E-state index in [1.54, 1.807) is 23.3 Å². The van der Waals surface area contributed by atoms with Gasteiger partial charge in [0.2, 0.25) is 23.5 Å². The molecule has 0 spiro atoms. The number of anilines is 3. The predicted octanol–water partition coefficient (Wildman–Crippen LogP) is 1.52. The highest BCUT2D eigenvalue weighted by Gasteiger charge is 2.28. The molecule has 11 heteroatoms. The van der Waals surface area contributed by atoms with Gasteiger partial charge in [0.1, 0.15) is 6.07 Å². The molecule has 0 aliphatic carbocycles. The minimum absolute atomic E-state index is 0.0278. The first-order valence-corrected chi connectivity index (χ1v) is 9.59. The van der Waals surface area contributed by atoms with E-state index in [9.17, 15) is 5.26 Å². The van der Waals surface area contributed by atoms with Crippen LogP contribution in [0.4, 0.5) is 17.8 Å². The Labute approximate surface area is 173 Å². The zero-order valence-corrected chi connectivity index (χ0v) is 17.1. The normalized spacial score (nSPS) is 15.7. The Morgan fingerprint density at radius 1 is 1.17 bits per heavy atom. The number of furan rings is 1. The summed E-state index contributed by atoms with van der Waals surface area (Å²) in [5.41, 5.74) is 6.12. The zero-order chi connectivity index (χ0) is 21.3. The lowest BCUT2D eigenvalue weighted by Gasteiger charge is -2.37. The summed E-state index contributed by atoms with van der Waals surface area (Å²) in [4.78, 5) is 23.4. The van der Waals surface area contributed by atoms with Gasteiger partial charge in [0.15, 0.2) is 11.6 Å². The molecule has 1 aliphatic heterocycles. The van der Waals surface area contributed by atoms with E-state index in [1.165, 1.54) is 0 Å². The fourth-order valence-corrected chi connectivity index (χ4v) is 3.36. The van der Waals surface area contributed by atoms with E-state index in [-0.39, 0.29) is 17.7 Å². The molecule has 0 amide bonds. The quantitative estimate of drug-likeness (QED) is 0.656. The average Bonchev–Trinajstić information content (AvgIpc) is 3.42. The largest absolute Gasteiger partial charge is 0.459 e. The van der Waals surface area contributed by atoms with Gasteiger partial charge in [0, 0.05) is 40.3 Å². The summed E-state index contributed by atoms with van der Waals surface area (Å²) in [6.45, 7) is 4.88. The van der Waals surface area contributed by atoms with Crippen molar-refractivity contribution in [2.75, 3.05) is 55.8 Å². The summed E-state index contributed by atoms with van der Waals surface area (Å²) < 4.78 is 11.2. The summed E-state index contributed by atoms with van der Waals surface area (Å²) in [5, 5.41) is 9.47. The first-order valence-electron chi connectivity index (χ1n) is 9.59. The van der Waals surface area contributed by atoms with Gasteiger partial charge in [-0.1, -0.05) is 0 Å². The summed E-state index contributed by atoms with van der Waals surface area (Å²) in [7, 11) is 3.73. The molecule has 30 heavy (non-hydrogen) atoms. The molecule has 1 saturated heterocycles. The maximum Gasteiger partial charge on any atom is 0.266 e. The maximum absolute atomic E-state index is 9.47. The van der Waals surface area contributed by atoms with Crippen molar-refractivity contribution in [3.8, 4) is 17.7 Å². The highest BCUT2D eigenvalue weighted by atomic mass is 16.4. The van der Waals surface area contributed by atoms with Gasteiger partial charge >= 0.3 is 0 Å². The third-order valence-corrected chi connectivity index (χ3v) is 5.03. The Morgan fingerprint density at radius 2 is 1.93 bits per heavy atom. The van der Waals surface area contributed by atoms with Gasteiger partial charge in [0.05, 0.1) is 12.3 Å². The van der Waals surface area contributed by atoms with Crippen molar-refractivity contribution < 1.29 is 8.83 Å². The summed E-state index contributed by atoms with van der Waals surface area (Å²) in [5.74, 6) is 2.65. The Balaban J connectivity index is 1.47. The molecule has 1 aliphatic rings. The van der Waals surface area contributed by atoms with Crippen molar-refractivity contribution in [1.29, 1.82) is 5.26 Å². The van der Waals surface area contributed by atoms with E-state index in [0.29, 0.717) is 42.4 Å². The molecule has 1 atom stereocenters. The van der Waals surface area contributed by atoms with Crippen LogP contribution in [0.2, 0.25) is 0 Å². The molecule has 0 radical (unpaired) electrons. The maximum atomic E-state index is 9.47. The van der Waals surface area contributed by atoms with Crippen LogP contribution in [0, 0.1) is 11.3 Å². The van der Waals surface area contributed by atoms with Crippen LogP contribution >= 0.6 is 0 Å². The molecule has 0 bridgehead atoms. The second kappa shape index (κ2) is 8.00. The van der Waals surface area contributed by atoms with Crippen LogP contribution in [0.1, 0.15) is 24.5 Å². The number of hydrogen-bond donors (Lipinski definition) is 1. The van der Waals surface area contributed by atoms with Gasteiger partial charge in [-0.15, -0.1) is 0 Å². The van der Waals surface area contributed by atoms with E-state index in [1.807, 2.05) is 25.9 Å². The van der Waals surface area contributed by atoms with Gasteiger partial charge in [-0.25, -0.2) is 0 Å². The summed E-state index contributed by atoms with van der Waals surface area (Å²) in [6.07, 6.45) is 1.54. The number of hydrogen-bond acceptors (Lipinski definition) is 11. The van der Waals surface area contributed by atoms with Crippen molar-refractivity contribution in [2.24, 2.45) is 0 Å². The first-order chi connectivity index (χ1) is 14.5. The second-order valence-electron chi connectivity index (χ2n) is 7.21. The topological polar surface area (TPSA) is 137 Å². The van der Waals surface area contributed by atoms with E-state index in [0.717, 1.165) is 13.1 Å². The monoisotopic (exact) mass is 409 g/mol. The van der Waals surface area contributed by atoms with Crippen molar-refractivity contribution >= 4 is 17.8 Å². The minimum Gasteiger partial charge on any atom is -0.459 e. The molecule has 156 valence electrons. The lowest BCUT2D eigenvalue weighted by molar-refractivity contribution is 0.189. The molecule has 1 unspecified atom stereocenters. The number of nitrogens with two attached hydrogens (primary N) is 1. The van der Waals surface area contributed by atoms with Crippen LogP contribution in [-0.4, -0.2) is 65.1 Å². The van der Waals surface area contributed by atoms with Crippen molar-refractivity contribution in [3.05, 3.63) is 29.9 Å². The van der Waals surface area contributed by atoms with Gasteiger partial charge in [-0.05, 0) is 19.1 Å². The van der Waals surface area contributed by atoms with E-state index in [4.69, 9.17) is 14.6 Å². The van der Waals surface area contributed by atoms with Crippen LogP contribution in [-0.2, 0) is 0 Å². The molecule has 0 saturated carbocycles. The lowest BCUT2D eigenvalue weighted by Crippen LogP contribution is -2.47. The van der Waals surface area contributed by atoms with Gasteiger partial charge in [-0.3, -0.25) is 4.90 Å². The Morgan fingerprint density at radius 3 is 2.57 bits per heavy atom. The van der Waals surface area contributed by atoms with Crippen LogP contribution in [0.3, 0.4) is 0 Å². The SMILES string of the molecule is CC(c1nc(N)nc(N(C)C)n1)N1CCN(c2oc(-c3ccco3)nc2C#N)CC1. The number of oxazole rings is 1. The van der Waals surface area contributed by atoms with Gasteiger partial charge < -0.3 is 24.4 Å². The molecular weight excluding hydrogens is 386 g/mol. The van der Waals surface area contributed by atoms with Crippen LogP contribution in [0.15, 0.2) is 27.2 Å². The number of nitrogens with zero attached hydrogens (tertiary/aromatic N) is 8. The molecule has 1 fully saturated rings. The molecular formula is C19H23N9O2. The Bertz CT molecular complexity index is 1050.